The molecule has 5 nitrogen and oxygen atoms in total. The summed E-state index contributed by atoms with van der Waals surface area (Å²) in [5, 5.41) is -0.291. The molecular weight excluding hydrogens is 510 g/mol. The topological polar surface area (TPSA) is 55.8 Å². The second kappa shape index (κ2) is 9.15. The lowest BCUT2D eigenvalue weighted by atomic mass is 10.1. The first-order chi connectivity index (χ1) is 13.4. The molecule has 1 aliphatic rings. The first kappa shape index (κ1) is 21.0. The summed E-state index contributed by atoms with van der Waals surface area (Å²) >= 11 is 7.88. The van der Waals surface area contributed by atoms with Crippen LogP contribution < -0.4 is 9.47 Å². The zero-order valence-corrected chi connectivity index (χ0v) is 19.2. The van der Waals surface area contributed by atoms with Gasteiger partial charge in [0.05, 0.1) is 25.2 Å². The molecule has 0 aliphatic carbocycles. The molecule has 1 heterocycles. The lowest BCUT2D eigenvalue weighted by molar-refractivity contribution is -0.123. The van der Waals surface area contributed by atoms with Crippen molar-refractivity contribution in [2.24, 2.45) is 0 Å². The van der Waals surface area contributed by atoms with Crippen LogP contribution in [0.2, 0.25) is 0 Å². The van der Waals surface area contributed by atoms with Crippen molar-refractivity contribution in [1.82, 2.24) is 4.90 Å². The number of methoxy groups -OCH3 is 1. The van der Waals surface area contributed by atoms with Gasteiger partial charge < -0.3 is 9.47 Å². The number of hydrogen-bond acceptors (Lipinski definition) is 5. The normalized spacial score (nSPS) is 15.4. The van der Waals surface area contributed by atoms with E-state index >= 15 is 0 Å². The molecular formula is C20H17Br2NO4S. The second-order valence-corrected chi connectivity index (χ2v) is 8.52. The zero-order valence-electron chi connectivity index (χ0n) is 15.2. The summed E-state index contributed by atoms with van der Waals surface area (Å²) in [6.45, 7) is 2.62. The Kier molecular flexibility index (Phi) is 6.85. The van der Waals surface area contributed by atoms with Crippen LogP contribution in [-0.2, 0) is 11.3 Å². The third-order valence-electron chi connectivity index (χ3n) is 4.03. The standard InChI is InChI=1S/C20H17Br2NO4S/c1-3-27-17-10-15(22)13(8-16(17)26-2)9-18-19(24)23(20(25)28-18)11-12-6-4-5-7-14(12)21/h4-10H,3,11H2,1-2H3/b18-9-. The van der Waals surface area contributed by atoms with Crippen LogP contribution in [0.1, 0.15) is 18.1 Å². The van der Waals surface area contributed by atoms with E-state index in [0.29, 0.717) is 23.0 Å². The minimum atomic E-state index is -0.314. The van der Waals surface area contributed by atoms with Crippen molar-refractivity contribution in [3.05, 3.63) is 61.4 Å². The number of ether oxygens (including phenoxy) is 2. The van der Waals surface area contributed by atoms with Crippen molar-refractivity contribution in [2.45, 2.75) is 13.5 Å². The fourth-order valence-corrected chi connectivity index (χ4v) is 4.34. The number of rotatable bonds is 6. The highest BCUT2D eigenvalue weighted by Crippen LogP contribution is 2.38. The monoisotopic (exact) mass is 525 g/mol. The fourth-order valence-electron chi connectivity index (χ4n) is 2.66. The molecule has 2 aromatic rings. The summed E-state index contributed by atoms with van der Waals surface area (Å²) in [6.07, 6.45) is 1.69. The van der Waals surface area contributed by atoms with E-state index in [1.54, 1.807) is 25.3 Å². The second-order valence-electron chi connectivity index (χ2n) is 5.82. The van der Waals surface area contributed by atoms with Crippen LogP contribution in [0, 0.1) is 0 Å². The van der Waals surface area contributed by atoms with Gasteiger partial charge in [-0.2, -0.15) is 0 Å². The highest BCUT2D eigenvalue weighted by molar-refractivity contribution is 9.10. The molecule has 3 rings (SSSR count). The van der Waals surface area contributed by atoms with E-state index in [1.807, 2.05) is 31.2 Å². The number of nitrogens with zero attached hydrogens (tertiary/aromatic N) is 1. The first-order valence-electron chi connectivity index (χ1n) is 8.43. The van der Waals surface area contributed by atoms with E-state index in [4.69, 9.17) is 9.47 Å². The number of halogens is 2. The smallest absolute Gasteiger partial charge is 0.293 e. The Labute approximate surface area is 184 Å². The molecule has 146 valence electrons. The molecule has 1 fully saturated rings. The third-order valence-corrected chi connectivity index (χ3v) is 6.40. The molecule has 0 atom stereocenters. The SMILES string of the molecule is CCOc1cc(Br)c(/C=C2\SC(=O)N(Cc3ccccc3Br)C2=O)cc1OC. The van der Waals surface area contributed by atoms with Crippen molar-refractivity contribution in [1.29, 1.82) is 0 Å². The molecule has 8 heteroatoms. The Morgan fingerprint density at radius 3 is 2.54 bits per heavy atom. The number of thioether (sulfide) groups is 1. The van der Waals surface area contributed by atoms with Gasteiger partial charge in [0.15, 0.2) is 11.5 Å². The number of benzene rings is 2. The molecule has 0 bridgehead atoms. The van der Waals surface area contributed by atoms with E-state index in [2.05, 4.69) is 31.9 Å². The van der Waals surface area contributed by atoms with E-state index in [0.717, 1.165) is 31.8 Å². The third kappa shape index (κ3) is 4.45. The maximum atomic E-state index is 12.8. The molecule has 0 spiro atoms. The van der Waals surface area contributed by atoms with Crippen molar-refractivity contribution in [3.63, 3.8) is 0 Å². The molecule has 0 radical (unpaired) electrons. The lowest BCUT2D eigenvalue weighted by Crippen LogP contribution is -2.27. The van der Waals surface area contributed by atoms with Crippen molar-refractivity contribution < 1.29 is 19.1 Å². The van der Waals surface area contributed by atoms with Crippen LogP contribution in [-0.4, -0.2) is 29.8 Å². The molecule has 1 saturated heterocycles. The average Bonchev–Trinajstić information content (AvgIpc) is 2.93. The molecule has 2 aromatic carbocycles. The molecule has 0 saturated carbocycles. The Balaban J connectivity index is 1.88. The van der Waals surface area contributed by atoms with Gasteiger partial charge in [-0.1, -0.05) is 50.1 Å². The number of carbonyl (C=O) groups is 2. The molecule has 28 heavy (non-hydrogen) atoms. The number of imide groups is 1. The highest BCUT2D eigenvalue weighted by Gasteiger charge is 2.35. The van der Waals surface area contributed by atoms with Crippen molar-refractivity contribution in [2.75, 3.05) is 13.7 Å². The fraction of sp³-hybridized carbons (Fsp3) is 0.200. The van der Waals surface area contributed by atoms with E-state index in [9.17, 15) is 9.59 Å². The van der Waals surface area contributed by atoms with Crippen LogP contribution in [0.5, 0.6) is 11.5 Å². The summed E-state index contributed by atoms with van der Waals surface area (Å²) in [5.74, 6) is 0.852. The summed E-state index contributed by atoms with van der Waals surface area (Å²) in [5.41, 5.74) is 1.60. The van der Waals surface area contributed by atoms with Crippen molar-refractivity contribution in [3.8, 4) is 11.5 Å². The quantitative estimate of drug-likeness (QED) is 0.441. The van der Waals surface area contributed by atoms with E-state index in [1.165, 1.54) is 4.90 Å². The highest BCUT2D eigenvalue weighted by atomic mass is 79.9. The van der Waals surface area contributed by atoms with E-state index < -0.39 is 0 Å². The van der Waals surface area contributed by atoms with Gasteiger partial charge in [-0.25, -0.2) is 0 Å². The number of hydrogen-bond donors (Lipinski definition) is 0. The van der Waals surface area contributed by atoms with E-state index in [-0.39, 0.29) is 17.7 Å². The summed E-state index contributed by atoms with van der Waals surface area (Å²) in [6, 6.07) is 11.1. The van der Waals surface area contributed by atoms with Crippen LogP contribution in [0.15, 0.2) is 50.2 Å². The Hall–Kier alpha value is -1.77. The minimum Gasteiger partial charge on any atom is -0.493 e. The molecule has 2 amide bonds. The van der Waals surface area contributed by atoms with Gasteiger partial charge in [-0.05, 0) is 54.1 Å². The maximum Gasteiger partial charge on any atom is 0.293 e. The zero-order chi connectivity index (χ0) is 20.3. The van der Waals surface area contributed by atoms with Gasteiger partial charge in [-0.3, -0.25) is 14.5 Å². The lowest BCUT2D eigenvalue weighted by Gasteiger charge is -2.13. The number of carbonyl (C=O) groups excluding carboxylic acids is 2. The summed E-state index contributed by atoms with van der Waals surface area (Å²) < 4.78 is 12.5. The molecule has 1 aliphatic heterocycles. The van der Waals surface area contributed by atoms with Crippen molar-refractivity contribution >= 4 is 60.8 Å². The van der Waals surface area contributed by atoms with Gasteiger partial charge in [0.1, 0.15) is 0 Å². The Morgan fingerprint density at radius 1 is 1.11 bits per heavy atom. The minimum absolute atomic E-state index is 0.219. The largest absolute Gasteiger partial charge is 0.493 e. The van der Waals surface area contributed by atoms with Crippen LogP contribution in [0.3, 0.4) is 0 Å². The predicted octanol–water partition coefficient (Wildman–Crippen LogP) is 5.86. The van der Waals surface area contributed by atoms with Gasteiger partial charge in [0.2, 0.25) is 0 Å². The molecule has 0 N–H and O–H groups in total. The summed E-state index contributed by atoms with van der Waals surface area (Å²) in [4.78, 5) is 26.8. The number of amides is 2. The van der Waals surface area contributed by atoms with Gasteiger partial charge >= 0.3 is 0 Å². The maximum absolute atomic E-state index is 12.8. The predicted molar refractivity (Wildman–Crippen MR) is 118 cm³/mol. The molecule has 0 unspecified atom stereocenters. The Morgan fingerprint density at radius 2 is 1.86 bits per heavy atom. The first-order valence-corrected chi connectivity index (χ1v) is 10.8. The van der Waals surface area contributed by atoms with Gasteiger partial charge in [-0.15, -0.1) is 0 Å². The van der Waals surface area contributed by atoms with Gasteiger partial charge in [0, 0.05) is 8.95 Å². The van der Waals surface area contributed by atoms with Crippen LogP contribution in [0.4, 0.5) is 4.79 Å². The van der Waals surface area contributed by atoms with Crippen LogP contribution >= 0.6 is 43.6 Å². The van der Waals surface area contributed by atoms with Gasteiger partial charge in [0.25, 0.3) is 11.1 Å². The molecule has 0 aromatic heterocycles. The summed E-state index contributed by atoms with van der Waals surface area (Å²) in [7, 11) is 1.56. The average molecular weight is 527 g/mol. The Bertz CT molecular complexity index is 961. The van der Waals surface area contributed by atoms with Crippen LogP contribution in [0.25, 0.3) is 6.08 Å².